The largest absolute Gasteiger partial charge is 0.480 e. The molecule has 0 amide bonds. The number of rotatable bonds is 5. The van der Waals surface area contributed by atoms with E-state index in [0.717, 1.165) is 0 Å². The maximum Gasteiger partial charge on any atom is 0.416 e. The number of hydrogen-bond acceptors (Lipinski definition) is 3. The molecule has 1 aromatic rings. The molecule has 8 heteroatoms. The van der Waals surface area contributed by atoms with E-state index >= 15 is 0 Å². The smallest absolute Gasteiger partial charge is 0.416 e. The van der Waals surface area contributed by atoms with Gasteiger partial charge < -0.3 is 5.11 Å². The van der Waals surface area contributed by atoms with Gasteiger partial charge in [0.15, 0.2) is 5.78 Å². The summed E-state index contributed by atoms with van der Waals surface area (Å²) in [7, 11) is 0. The van der Waals surface area contributed by atoms with E-state index in [0.29, 0.717) is 12.1 Å². The lowest BCUT2D eigenvalue weighted by molar-refractivity contribution is -0.138. The Labute approximate surface area is 105 Å². The minimum absolute atomic E-state index is 0.279. The molecule has 4 nitrogen and oxygen atoms in total. The van der Waals surface area contributed by atoms with Crippen molar-refractivity contribution < 1.29 is 32.3 Å². The van der Waals surface area contributed by atoms with Crippen LogP contribution in [0.1, 0.15) is 15.9 Å². The first-order valence-corrected chi connectivity index (χ1v) is 5.03. The van der Waals surface area contributed by atoms with Gasteiger partial charge in [-0.25, -0.2) is 4.39 Å². The Balaban J connectivity index is 2.86. The van der Waals surface area contributed by atoms with E-state index < -0.39 is 48.0 Å². The molecule has 0 bridgehead atoms. The molecule has 0 fully saturated rings. The summed E-state index contributed by atoms with van der Waals surface area (Å²) in [6.07, 6.45) is -4.76. The molecule has 0 atom stereocenters. The fourth-order valence-electron chi connectivity index (χ4n) is 1.30. The van der Waals surface area contributed by atoms with Crippen molar-refractivity contribution in [2.45, 2.75) is 6.18 Å². The second kappa shape index (κ2) is 5.79. The molecular weight excluding hydrogens is 270 g/mol. The van der Waals surface area contributed by atoms with Crippen molar-refractivity contribution in [3.8, 4) is 0 Å². The van der Waals surface area contributed by atoms with Gasteiger partial charge in [-0.2, -0.15) is 13.2 Å². The predicted octanol–water partition coefficient (Wildman–Crippen LogP) is 1.70. The van der Waals surface area contributed by atoms with Crippen molar-refractivity contribution in [2.75, 3.05) is 13.1 Å². The minimum Gasteiger partial charge on any atom is -0.480 e. The molecule has 0 aromatic heterocycles. The van der Waals surface area contributed by atoms with Crippen LogP contribution >= 0.6 is 0 Å². The number of Topliss-reactive ketones (excluding diaryl/α,β-unsaturated/α-hetero) is 1. The molecule has 0 radical (unpaired) electrons. The highest BCUT2D eigenvalue weighted by atomic mass is 19.4. The lowest BCUT2D eigenvalue weighted by Gasteiger charge is -2.09. The molecule has 0 heterocycles. The van der Waals surface area contributed by atoms with Crippen LogP contribution in [0, 0.1) is 5.82 Å². The maximum absolute atomic E-state index is 13.0. The van der Waals surface area contributed by atoms with E-state index in [-0.39, 0.29) is 6.07 Å². The first kappa shape index (κ1) is 15.1. The SMILES string of the molecule is O=C(O)CNCC(=O)c1cc(F)cc(C(F)(F)F)c1. The zero-order valence-corrected chi connectivity index (χ0v) is 9.42. The third-order valence-electron chi connectivity index (χ3n) is 2.11. The second-order valence-electron chi connectivity index (χ2n) is 3.65. The Bertz CT molecular complexity index is 499. The van der Waals surface area contributed by atoms with Crippen molar-refractivity contribution in [2.24, 2.45) is 0 Å². The normalized spacial score (nSPS) is 11.4. The average Bonchev–Trinajstić information content (AvgIpc) is 2.26. The number of carboxylic acid groups (broad SMARTS) is 1. The number of benzene rings is 1. The van der Waals surface area contributed by atoms with E-state index in [1.54, 1.807) is 0 Å². The van der Waals surface area contributed by atoms with Crippen LogP contribution in [0.5, 0.6) is 0 Å². The van der Waals surface area contributed by atoms with Crippen LogP contribution in [0.2, 0.25) is 0 Å². The molecular formula is C11H9F4NO3. The van der Waals surface area contributed by atoms with Gasteiger partial charge in [-0.05, 0) is 18.2 Å². The van der Waals surface area contributed by atoms with Crippen LogP contribution < -0.4 is 5.32 Å². The van der Waals surface area contributed by atoms with Gasteiger partial charge in [0.2, 0.25) is 0 Å². The number of halogens is 4. The standard InChI is InChI=1S/C11H9F4NO3/c12-8-2-6(1-7(3-8)11(13,14)15)9(17)4-16-5-10(18)19/h1-3,16H,4-5H2,(H,18,19). The van der Waals surface area contributed by atoms with Gasteiger partial charge in [0.1, 0.15) is 5.82 Å². The number of carbonyl (C=O) groups excluding carboxylic acids is 1. The van der Waals surface area contributed by atoms with Crippen LogP contribution in [-0.2, 0) is 11.0 Å². The van der Waals surface area contributed by atoms with E-state index in [1.165, 1.54) is 0 Å². The summed E-state index contributed by atoms with van der Waals surface area (Å²) in [5, 5.41) is 10.5. The van der Waals surface area contributed by atoms with Crippen molar-refractivity contribution in [3.05, 3.63) is 35.1 Å². The first-order valence-electron chi connectivity index (χ1n) is 5.03. The topological polar surface area (TPSA) is 66.4 Å². The van der Waals surface area contributed by atoms with Crippen LogP contribution in [0.4, 0.5) is 17.6 Å². The molecule has 0 saturated carbocycles. The molecule has 19 heavy (non-hydrogen) atoms. The van der Waals surface area contributed by atoms with E-state index in [2.05, 4.69) is 5.32 Å². The third-order valence-corrected chi connectivity index (χ3v) is 2.11. The number of carboxylic acids is 1. The van der Waals surface area contributed by atoms with Gasteiger partial charge in [-0.15, -0.1) is 0 Å². The summed E-state index contributed by atoms with van der Waals surface area (Å²) in [6.45, 7) is -1.01. The summed E-state index contributed by atoms with van der Waals surface area (Å²) < 4.78 is 50.2. The van der Waals surface area contributed by atoms with E-state index in [9.17, 15) is 27.2 Å². The predicted molar refractivity (Wildman–Crippen MR) is 56.2 cm³/mol. The number of alkyl halides is 3. The van der Waals surface area contributed by atoms with Crippen molar-refractivity contribution in [3.63, 3.8) is 0 Å². The summed E-state index contributed by atoms with van der Waals surface area (Å²) in [5.41, 5.74) is -1.74. The number of hydrogen-bond donors (Lipinski definition) is 2. The van der Waals surface area contributed by atoms with Crippen LogP contribution in [-0.4, -0.2) is 29.9 Å². The highest BCUT2D eigenvalue weighted by Gasteiger charge is 2.31. The first-order chi connectivity index (χ1) is 8.70. The Morgan fingerprint density at radius 3 is 2.32 bits per heavy atom. The third kappa shape index (κ3) is 4.66. The second-order valence-corrected chi connectivity index (χ2v) is 3.65. The summed E-state index contributed by atoms with van der Waals surface area (Å²) in [5.74, 6) is -3.23. The van der Waals surface area contributed by atoms with Gasteiger partial charge in [0, 0.05) is 5.56 Å². The number of aliphatic carboxylic acids is 1. The van der Waals surface area contributed by atoms with E-state index in [1.807, 2.05) is 0 Å². The van der Waals surface area contributed by atoms with Gasteiger partial charge in [-0.1, -0.05) is 0 Å². The highest BCUT2D eigenvalue weighted by molar-refractivity contribution is 5.98. The summed E-state index contributed by atoms with van der Waals surface area (Å²) >= 11 is 0. The average molecular weight is 279 g/mol. The molecule has 1 rings (SSSR count). The fourth-order valence-corrected chi connectivity index (χ4v) is 1.30. The zero-order valence-electron chi connectivity index (χ0n) is 9.42. The van der Waals surface area contributed by atoms with Crippen molar-refractivity contribution in [1.82, 2.24) is 5.32 Å². The Morgan fingerprint density at radius 1 is 1.16 bits per heavy atom. The molecule has 2 N–H and O–H groups in total. The molecule has 0 saturated heterocycles. The lowest BCUT2D eigenvalue weighted by Crippen LogP contribution is -2.28. The van der Waals surface area contributed by atoms with E-state index in [4.69, 9.17) is 5.11 Å². The molecule has 104 valence electrons. The molecule has 0 aliphatic rings. The molecule has 1 aromatic carbocycles. The maximum atomic E-state index is 13.0. The zero-order chi connectivity index (χ0) is 14.6. The van der Waals surface area contributed by atoms with Gasteiger partial charge in [-0.3, -0.25) is 14.9 Å². The van der Waals surface area contributed by atoms with Gasteiger partial charge in [0.25, 0.3) is 0 Å². The molecule has 0 unspecified atom stereocenters. The van der Waals surface area contributed by atoms with Crippen LogP contribution in [0.25, 0.3) is 0 Å². The number of nitrogens with one attached hydrogen (secondary N) is 1. The monoisotopic (exact) mass is 279 g/mol. The molecule has 0 aliphatic carbocycles. The van der Waals surface area contributed by atoms with Crippen molar-refractivity contribution >= 4 is 11.8 Å². The highest BCUT2D eigenvalue weighted by Crippen LogP contribution is 2.30. The van der Waals surface area contributed by atoms with Gasteiger partial charge >= 0.3 is 12.1 Å². The van der Waals surface area contributed by atoms with Crippen molar-refractivity contribution in [1.29, 1.82) is 0 Å². The van der Waals surface area contributed by atoms with Crippen LogP contribution in [0.15, 0.2) is 18.2 Å². The van der Waals surface area contributed by atoms with Gasteiger partial charge in [0.05, 0.1) is 18.7 Å². The summed E-state index contributed by atoms with van der Waals surface area (Å²) in [6, 6.07) is 1.47. The Hall–Kier alpha value is -1.96. The number of ketones is 1. The molecule has 0 spiro atoms. The fraction of sp³-hybridized carbons (Fsp3) is 0.273. The summed E-state index contributed by atoms with van der Waals surface area (Å²) in [4.78, 5) is 21.6. The minimum atomic E-state index is -4.76. The Morgan fingerprint density at radius 2 is 1.79 bits per heavy atom. The quantitative estimate of drug-likeness (QED) is 0.636. The lowest BCUT2D eigenvalue weighted by atomic mass is 10.1. The Kier molecular flexibility index (Phi) is 4.60. The number of carbonyl (C=O) groups is 2. The van der Waals surface area contributed by atoms with Crippen LogP contribution in [0.3, 0.4) is 0 Å². The molecule has 0 aliphatic heterocycles.